The number of aliphatic carboxylic acids is 1. The Morgan fingerprint density at radius 3 is 2.88 bits per heavy atom. The number of anilines is 1. The Hall–Kier alpha value is -3.52. The van der Waals surface area contributed by atoms with Crippen LogP contribution in [-0.2, 0) is 14.4 Å². The number of aromatic nitrogens is 1. The second-order valence-corrected chi connectivity index (χ2v) is 9.01. The summed E-state index contributed by atoms with van der Waals surface area (Å²) in [6, 6.07) is 2.86. The monoisotopic (exact) mass is 493 g/mol. The first-order chi connectivity index (χ1) is 15.8. The van der Waals surface area contributed by atoms with Crippen molar-refractivity contribution < 1.29 is 28.6 Å². The summed E-state index contributed by atoms with van der Waals surface area (Å²) in [5, 5.41) is 15.8. The molecule has 4 rings (SSSR count). The number of nitrogens with zero attached hydrogens (tertiary/aromatic N) is 3. The molecule has 1 saturated heterocycles. The number of β-lactam (4-membered cyclic amide) rings is 1. The van der Waals surface area contributed by atoms with Crippen molar-refractivity contribution in [2.45, 2.75) is 17.5 Å². The van der Waals surface area contributed by atoms with Crippen LogP contribution in [0.1, 0.15) is 11.7 Å². The van der Waals surface area contributed by atoms with Crippen molar-refractivity contribution in [3.05, 3.63) is 57.3 Å². The van der Waals surface area contributed by atoms with E-state index >= 15 is 0 Å². The van der Waals surface area contributed by atoms with E-state index in [1.807, 2.05) is 0 Å². The van der Waals surface area contributed by atoms with E-state index in [9.17, 15) is 28.8 Å². The molecular formula is C19H16FN5O6S2. The average molecular weight is 493 g/mol. The molecule has 2 aliphatic heterocycles. The van der Waals surface area contributed by atoms with Crippen LogP contribution < -0.4 is 15.8 Å². The molecule has 0 spiro atoms. The van der Waals surface area contributed by atoms with Crippen LogP contribution >= 0.6 is 23.1 Å². The first-order valence-electron chi connectivity index (χ1n) is 9.42. The Balaban J connectivity index is 1.47. The largest absolute Gasteiger partial charge is 0.489 e. The summed E-state index contributed by atoms with van der Waals surface area (Å²) < 4.78 is 18.8. The van der Waals surface area contributed by atoms with Gasteiger partial charge in [0, 0.05) is 22.8 Å². The lowest BCUT2D eigenvalue weighted by molar-refractivity contribution is -0.151. The van der Waals surface area contributed by atoms with Crippen LogP contribution in [0.3, 0.4) is 0 Å². The van der Waals surface area contributed by atoms with Gasteiger partial charge in [-0.25, -0.2) is 14.2 Å². The summed E-state index contributed by atoms with van der Waals surface area (Å²) >= 11 is 2.26. The van der Waals surface area contributed by atoms with Gasteiger partial charge >= 0.3 is 5.97 Å². The van der Waals surface area contributed by atoms with Gasteiger partial charge in [0.1, 0.15) is 35.3 Å². The van der Waals surface area contributed by atoms with Crippen molar-refractivity contribution in [2.75, 3.05) is 18.1 Å². The summed E-state index contributed by atoms with van der Waals surface area (Å²) in [7, 11) is 0. The summed E-state index contributed by atoms with van der Waals surface area (Å²) in [6.07, 6.45) is 0. The number of nitrogens with one attached hydrogen (secondary N) is 1. The molecule has 2 aliphatic rings. The normalized spacial score (nSPS) is 20.5. The number of ether oxygens (including phenoxy) is 1. The molecule has 14 heteroatoms. The number of carbonyl (C=O) groups excluding carboxylic acids is 2. The first-order valence-corrected chi connectivity index (χ1v) is 11.3. The van der Waals surface area contributed by atoms with Crippen LogP contribution in [0, 0.1) is 10.7 Å². The number of hydrogen-bond acceptors (Lipinski definition) is 10. The molecule has 1 aromatic heterocycles. The molecule has 3 heterocycles. The number of nitrogen functional groups attached to an aromatic ring is 1. The third-order valence-electron chi connectivity index (χ3n) is 4.93. The molecule has 0 bridgehead atoms. The topological polar surface area (TPSA) is 164 Å². The molecule has 1 aromatic carbocycles. The van der Waals surface area contributed by atoms with Gasteiger partial charge < -0.3 is 20.9 Å². The lowest BCUT2D eigenvalue weighted by atomic mass is 10.0. The number of benzene rings is 1. The van der Waals surface area contributed by atoms with E-state index < -0.39 is 41.1 Å². The van der Waals surface area contributed by atoms with Gasteiger partial charge in [-0.1, -0.05) is 6.07 Å². The molecule has 4 N–H and O–H groups in total. The van der Waals surface area contributed by atoms with Crippen molar-refractivity contribution in [3.63, 3.8) is 0 Å². The predicted molar refractivity (Wildman–Crippen MR) is 117 cm³/mol. The number of carboxylic acid groups (broad SMARTS) is 1. The zero-order chi connectivity index (χ0) is 23.7. The Morgan fingerprint density at radius 2 is 2.24 bits per heavy atom. The van der Waals surface area contributed by atoms with Crippen molar-refractivity contribution in [3.8, 4) is 5.75 Å². The summed E-state index contributed by atoms with van der Waals surface area (Å²) in [6.45, 7) is -0.159. The van der Waals surface area contributed by atoms with E-state index in [2.05, 4.69) is 15.5 Å². The molecular weight excluding hydrogens is 477 g/mol. The number of carbonyl (C=O) groups is 3. The number of rotatable bonds is 8. The van der Waals surface area contributed by atoms with E-state index in [0.29, 0.717) is 5.57 Å². The van der Waals surface area contributed by atoms with Crippen molar-refractivity contribution in [1.82, 2.24) is 15.2 Å². The van der Waals surface area contributed by atoms with Crippen LogP contribution in [0.25, 0.3) is 0 Å². The highest BCUT2D eigenvalue weighted by atomic mass is 32.2. The minimum Gasteiger partial charge on any atom is -0.489 e. The number of amides is 2. The van der Waals surface area contributed by atoms with Crippen LogP contribution in [0.5, 0.6) is 5.75 Å². The van der Waals surface area contributed by atoms with Crippen LogP contribution in [0.2, 0.25) is 0 Å². The summed E-state index contributed by atoms with van der Waals surface area (Å²) in [5.41, 5.74) is 5.67. The summed E-state index contributed by atoms with van der Waals surface area (Å²) in [5.74, 6) is -2.90. The van der Waals surface area contributed by atoms with Crippen LogP contribution in [-0.4, -0.2) is 56.5 Å². The fraction of sp³-hybridized carbons (Fsp3) is 0.263. The van der Waals surface area contributed by atoms with E-state index in [1.54, 1.807) is 0 Å². The van der Waals surface area contributed by atoms with Gasteiger partial charge in [-0.15, -0.1) is 28.0 Å². The lowest BCUT2D eigenvalue weighted by Gasteiger charge is -2.49. The maximum absolute atomic E-state index is 13.3. The molecule has 2 unspecified atom stereocenters. The maximum Gasteiger partial charge on any atom is 0.352 e. The zero-order valence-electron chi connectivity index (χ0n) is 16.6. The Labute approximate surface area is 193 Å². The molecule has 33 heavy (non-hydrogen) atoms. The van der Waals surface area contributed by atoms with Gasteiger partial charge in [-0.3, -0.25) is 14.5 Å². The lowest BCUT2D eigenvalue weighted by Crippen LogP contribution is -2.71. The molecule has 0 radical (unpaired) electrons. The quantitative estimate of drug-likeness (QED) is 0.365. The number of carboxylic acids is 1. The number of thiazole rings is 1. The maximum atomic E-state index is 13.3. The predicted octanol–water partition coefficient (Wildman–Crippen LogP) is 1.49. The van der Waals surface area contributed by atoms with E-state index in [0.717, 1.165) is 22.3 Å². The summed E-state index contributed by atoms with van der Waals surface area (Å²) in [4.78, 5) is 53.3. The molecule has 2 aromatic rings. The standard InChI is InChI=1S/C19H16FN5O6S2/c20-9-2-1-3-10(4-9)31-5-8-6-32-17-13(16(27)25(17)14(8)18(28)29)23-15(26)12(24-30)11-7-33-19(21)22-11/h1-4,7,12-13,17H,5-6H2,(H2,21,22)(H,23,26)(H,28,29)/t12?,13?,17-/m0/s1. The molecule has 1 fully saturated rings. The van der Waals surface area contributed by atoms with E-state index in [-0.39, 0.29) is 34.6 Å². The highest BCUT2D eigenvalue weighted by Gasteiger charge is 2.54. The van der Waals surface area contributed by atoms with Crippen LogP contribution in [0.15, 0.2) is 46.1 Å². The average Bonchev–Trinajstić information content (AvgIpc) is 3.21. The number of nitrogens with two attached hydrogens (primary N) is 1. The van der Waals surface area contributed by atoms with E-state index in [1.165, 1.54) is 35.3 Å². The van der Waals surface area contributed by atoms with Gasteiger partial charge in [-0.2, -0.15) is 0 Å². The van der Waals surface area contributed by atoms with Crippen molar-refractivity contribution in [1.29, 1.82) is 0 Å². The Kier molecular flexibility index (Phi) is 6.29. The Bertz CT molecular complexity index is 1170. The molecule has 172 valence electrons. The van der Waals surface area contributed by atoms with E-state index in [4.69, 9.17) is 10.5 Å². The molecule has 2 amide bonds. The third-order valence-corrected chi connectivity index (χ3v) is 6.96. The molecule has 11 nitrogen and oxygen atoms in total. The molecule has 0 saturated carbocycles. The third kappa shape index (κ3) is 4.39. The van der Waals surface area contributed by atoms with Crippen LogP contribution in [0.4, 0.5) is 9.52 Å². The zero-order valence-corrected chi connectivity index (χ0v) is 18.3. The fourth-order valence-corrected chi connectivity index (χ4v) is 5.32. The van der Waals surface area contributed by atoms with Gasteiger partial charge in [-0.05, 0) is 17.3 Å². The van der Waals surface area contributed by atoms with Gasteiger partial charge in [0.25, 0.3) is 11.8 Å². The van der Waals surface area contributed by atoms with Crippen molar-refractivity contribution in [2.24, 2.45) is 5.18 Å². The van der Waals surface area contributed by atoms with Crippen molar-refractivity contribution >= 4 is 46.0 Å². The SMILES string of the molecule is Nc1nc(C(N=O)C(=O)NC2C(=O)N3C(C(=O)O)=C(COc4cccc(F)c4)CS[C@@H]23)cs1. The number of fused-ring (bicyclic) bond motifs is 1. The highest BCUT2D eigenvalue weighted by Crippen LogP contribution is 2.40. The highest BCUT2D eigenvalue weighted by molar-refractivity contribution is 8.00. The van der Waals surface area contributed by atoms with Gasteiger partial charge in [0.15, 0.2) is 5.13 Å². The van der Waals surface area contributed by atoms with Gasteiger partial charge in [0.2, 0.25) is 6.04 Å². The number of nitroso groups, excluding NO2 is 1. The number of thioether (sulfide) groups is 1. The fourth-order valence-electron chi connectivity index (χ4n) is 3.42. The van der Waals surface area contributed by atoms with Gasteiger partial charge in [0.05, 0.1) is 5.69 Å². The minimum atomic E-state index is -1.49. The molecule has 3 atom stereocenters. The Morgan fingerprint density at radius 1 is 1.45 bits per heavy atom. The number of hydrogen-bond donors (Lipinski definition) is 3. The smallest absolute Gasteiger partial charge is 0.352 e. The number of halogens is 1. The second kappa shape index (κ2) is 9.15. The second-order valence-electron chi connectivity index (χ2n) is 7.02. The molecule has 0 aliphatic carbocycles. The minimum absolute atomic E-state index is 0.0628. The first kappa shape index (κ1) is 22.7.